The lowest BCUT2D eigenvalue weighted by molar-refractivity contribution is 0.262. The van der Waals surface area contributed by atoms with E-state index >= 15 is 0 Å². The maximum Gasteiger partial charge on any atom is 0.323 e. The number of nitrogens with one attached hydrogen (secondary N) is 2. The Kier molecular flexibility index (Phi) is 5.15. The fourth-order valence-electron chi connectivity index (χ4n) is 2.68. The molecule has 0 atom stereocenters. The van der Waals surface area contributed by atoms with E-state index in [9.17, 15) is 13.2 Å². The zero-order chi connectivity index (χ0) is 17.9. The quantitative estimate of drug-likeness (QED) is 0.848. The van der Waals surface area contributed by atoms with E-state index in [0.717, 1.165) is 6.42 Å². The number of carbonyl (C=O) groups excluding carboxylic acids is 1. The minimum atomic E-state index is -3.28. The first kappa shape index (κ1) is 17.6. The summed E-state index contributed by atoms with van der Waals surface area (Å²) < 4.78 is 25.8. The van der Waals surface area contributed by atoms with Crippen LogP contribution in [0.25, 0.3) is 0 Å². The summed E-state index contributed by atoms with van der Waals surface area (Å²) in [5, 5.41) is 5.91. The highest BCUT2D eigenvalue weighted by atomic mass is 35.5. The molecule has 1 fully saturated rings. The van der Waals surface area contributed by atoms with Gasteiger partial charge in [0.2, 0.25) is 10.0 Å². The molecule has 0 aliphatic carbocycles. The number of halogens is 1. The molecule has 6 nitrogen and oxygen atoms in total. The normalized spacial score (nSPS) is 16.3. The number of nitrogens with zero attached hydrogens (tertiary/aromatic N) is 1. The number of carbonyl (C=O) groups is 1. The molecule has 2 aromatic carbocycles. The molecular weight excluding hydrogens is 362 g/mol. The van der Waals surface area contributed by atoms with E-state index in [-0.39, 0.29) is 5.75 Å². The second kappa shape index (κ2) is 7.33. The van der Waals surface area contributed by atoms with Crippen LogP contribution in [-0.2, 0) is 10.0 Å². The average Bonchev–Trinajstić information content (AvgIpc) is 2.54. The molecule has 2 amide bonds. The topological polar surface area (TPSA) is 78.5 Å². The smallest absolute Gasteiger partial charge is 0.308 e. The summed E-state index contributed by atoms with van der Waals surface area (Å²) in [5.41, 5.74) is 1.64. The third-order valence-electron chi connectivity index (χ3n) is 3.82. The van der Waals surface area contributed by atoms with Crippen molar-refractivity contribution in [1.82, 2.24) is 0 Å². The number of urea groups is 1. The Hall–Kier alpha value is -2.25. The lowest BCUT2D eigenvalue weighted by Crippen LogP contribution is -2.37. The standard InChI is InChI=1S/C17H18ClN3O3S/c18-13-5-3-6-14(11-13)19-17(22)20-15-7-4-8-16(12-15)21-9-1-2-10-25(21,23)24/h3-8,11-12H,1-2,9-10H2,(H2,19,20,22). The van der Waals surface area contributed by atoms with Gasteiger partial charge in [-0.15, -0.1) is 0 Å². The first-order valence-electron chi connectivity index (χ1n) is 7.88. The molecule has 25 heavy (non-hydrogen) atoms. The van der Waals surface area contributed by atoms with Crippen molar-refractivity contribution in [3.63, 3.8) is 0 Å². The Morgan fingerprint density at radius 1 is 1.00 bits per heavy atom. The summed E-state index contributed by atoms with van der Waals surface area (Å²) in [7, 11) is -3.28. The molecule has 2 aromatic rings. The molecule has 0 unspecified atom stereocenters. The van der Waals surface area contributed by atoms with Crippen molar-refractivity contribution >= 4 is 44.7 Å². The Balaban J connectivity index is 1.72. The largest absolute Gasteiger partial charge is 0.323 e. The second-order valence-corrected chi connectivity index (χ2v) is 8.18. The maximum absolute atomic E-state index is 12.2. The molecule has 132 valence electrons. The van der Waals surface area contributed by atoms with Crippen molar-refractivity contribution in [3.8, 4) is 0 Å². The number of amides is 2. The lowest BCUT2D eigenvalue weighted by Gasteiger charge is -2.28. The average molecular weight is 380 g/mol. The van der Waals surface area contributed by atoms with E-state index in [1.165, 1.54) is 4.31 Å². The third kappa shape index (κ3) is 4.43. The van der Waals surface area contributed by atoms with Crippen molar-refractivity contribution in [3.05, 3.63) is 53.6 Å². The number of sulfonamides is 1. The van der Waals surface area contributed by atoms with Crippen LogP contribution in [0.1, 0.15) is 12.8 Å². The Labute approximate surface area is 151 Å². The fourth-order valence-corrected chi connectivity index (χ4v) is 4.50. The number of benzene rings is 2. The van der Waals surface area contributed by atoms with Crippen LogP contribution in [0.15, 0.2) is 48.5 Å². The Morgan fingerprint density at radius 3 is 2.36 bits per heavy atom. The van der Waals surface area contributed by atoms with Crippen LogP contribution < -0.4 is 14.9 Å². The van der Waals surface area contributed by atoms with Crippen LogP contribution in [0.2, 0.25) is 5.02 Å². The van der Waals surface area contributed by atoms with Gasteiger partial charge in [0.05, 0.1) is 11.4 Å². The summed E-state index contributed by atoms with van der Waals surface area (Å²) in [6.07, 6.45) is 1.50. The van der Waals surface area contributed by atoms with E-state index in [2.05, 4.69) is 10.6 Å². The first-order valence-corrected chi connectivity index (χ1v) is 9.87. The zero-order valence-corrected chi connectivity index (χ0v) is 15.0. The van der Waals surface area contributed by atoms with Gasteiger partial charge in [-0.3, -0.25) is 4.31 Å². The van der Waals surface area contributed by atoms with Crippen LogP contribution in [0.3, 0.4) is 0 Å². The molecule has 3 rings (SSSR count). The highest BCUT2D eigenvalue weighted by molar-refractivity contribution is 7.92. The van der Waals surface area contributed by atoms with Gasteiger partial charge in [-0.25, -0.2) is 13.2 Å². The van der Waals surface area contributed by atoms with E-state index in [0.29, 0.717) is 35.1 Å². The summed E-state index contributed by atoms with van der Waals surface area (Å²) >= 11 is 5.89. The van der Waals surface area contributed by atoms with Crippen molar-refractivity contribution in [2.45, 2.75) is 12.8 Å². The van der Waals surface area contributed by atoms with E-state index in [1.807, 2.05) is 0 Å². The first-order chi connectivity index (χ1) is 11.9. The molecule has 1 aliphatic heterocycles. The molecule has 1 heterocycles. The molecule has 0 aromatic heterocycles. The van der Waals surface area contributed by atoms with Crippen molar-refractivity contribution in [2.24, 2.45) is 0 Å². The number of hydrogen-bond acceptors (Lipinski definition) is 3. The highest BCUT2D eigenvalue weighted by Crippen LogP contribution is 2.26. The number of hydrogen-bond donors (Lipinski definition) is 2. The van der Waals surface area contributed by atoms with Crippen LogP contribution in [-0.4, -0.2) is 26.7 Å². The highest BCUT2D eigenvalue weighted by Gasteiger charge is 2.26. The maximum atomic E-state index is 12.2. The van der Waals surface area contributed by atoms with Gasteiger partial charge in [0.1, 0.15) is 0 Å². The Bertz CT molecular complexity index is 886. The predicted molar refractivity (Wildman–Crippen MR) is 101 cm³/mol. The number of anilines is 3. The Morgan fingerprint density at radius 2 is 1.68 bits per heavy atom. The molecule has 0 saturated carbocycles. The molecule has 1 saturated heterocycles. The molecule has 2 N–H and O–H groups in total. The van der Waals surface area contributed by atoms with E-state index < -0.39 is 16.1 Å². The second-order valence-electron chi connectivity index (χ2n) is 5.74. The summed E-state index contributed by atoms with van der Waals surface area (Å²) in [4.78, 5) is 12.1. The van der Waals surface area contributed by atoms with Gasteiger partial charge in [0, 0.05) is 22.9 Å². The van der Waals surface area contributed by atoms with Crippen LogP contribution in [0.5, 0.6) is 0 Å². The van der Waals surface area contributed by atoms with Gasteiger partial charge in [-0.1, -0.05) is 23.7 Å². The van der Waals surface area contributed by atoms with Crippen molar-refractivity contribution < 1.29 is 13.2 Å². The van der Waals surface area contributed by atoms with Crippen LogP contribution in [0, 0.1) is 0 Å². The van der Waals surface area contributed by atoms with Gasteiger partial charge in [-0.2, -0.15) is 0 Å². The van der Waals surface area contributed by atoms with Gasteiger partial charge in [-0.05, 0) is 49.2 Å². The molecule has 8 heteroatoms. The molecule has 1 aliphatic rings. The monoisotopic (exact) mass is 379 g/mol. The van der Waals surface area contributed by atoms with Crippen molar-refractivity contribution in [1.29, 1.82) is 0 Å². The minimum Gasteiger partial charge on any atom is -0.308 e. The van der Waals surface area contributed by atoms with Gasteiger partial charge < -0.3 is 10.6 Å². The summed E-state index contributed by atoms with van der Waals surface area (Å²) in [5.74, 6) is 0.153. The van der Waals surface area contributed by atoms with Crippen LogP contribution >= 0.6 is 11.6 Å². The molecule has 0 spiro atoms. The summed E-state index contributed by atoms with van der Waals surface area (Å²) in [6.45, 7) is 0.459. The lowest BCUT2D eigenvalue weighted by atomic mass is 10.2. The third-order valence-corrected chi connectivity index (χ3v) is 5.93. The summed E-state index contributed by atoms with van der Waals surface area (Å²) in [6, 6.07) is 13.2. The number of rotatable bonds is 3. The van der Waals surface area contributed by atoms with Gasteiger partial charge in [0.25, 0.3) is 0 Å². The van der Waals surface area contributed by atoms with Gasteiger partial charge in [0.15, 0.2) is 0 Å². The SMILES string of the molecule is O=C(Nc1cccc(Cl)c1)Nc1cccc(N2CCCCS2(=O)=O)c1. The molecule has 0 bridgehead atoms. The van der Waals surface area contributed by atoms with Gasteiger partial charge >= 0.3 is 6.03 Å². The van der Waals surface area contributed by atoms with Crippen molar-refractivity contribution in [2.75, 3.05) is 27.2 Å². The van der Waals surface area contributed by atoms with E-state index in [1.54, 1.807) is 48.5 Å². The molecule has 0 radical (unpaired) electrons. The predicted octanol–water partition coefficient (Wildman–Crippen LogP) is 3.91. The fraction of sp³-hybridized carbons (Fsp3) is 0.235. The molecular formula is C17H18ClN3O3S. The van der Waals surface area contributed by atoms with Crippen LogP contribution in [0.4, 0.5) is 21.9 Å². The zero-order valence-electron chi connectivity index (χ0n) is 13.4. The van der Waals surface area contributed by atoms with E-state index in [4.69, 9.17) is 11.6 Å². The minimum absolute atomic E-state index is 0.153.